The zero-order chi connectivity index (χ0) is 13.1. The molecule has 0 radical (unpaired) electrons. The highest BCUT2D eigenvalue weighted by Crippen LogP contribution is 2.26. The molecule has 1 aromatic carbocycles. The van der Waals surface area contributed by atoms with Crippen molar-refractivity contribution in [1.82, 2.24) is 4.90 Å². The lowest BCUT2D eigenvalue weighted by molar-refractivity contribution is 0.112. The third kappa shape index (κ3) is 2.85. The number of halogens is 1. The van der Waals surface area contributed by atoms with Crippen LogP contribution in [0, 0.1) is 0 Å². The van der Waals surface area contributed by atoms with Crippen LogP contribution in [0.1, 0.15) is 23.2 Å². The number of aldehydes is 1. The van der Waals surface area contributed by atoms with Crippen LogP contribution < -0.4 is 4.90 Å². The molecule has 1 atom stereocenters. The Labute approximate surface area is 113 Å². The van der Waals surface area contributed by atoms with E-state index in [1.165, 1.54) is 12.8 Å². The van der Waals surface area contributed by atoms with Gasteiger partial charge in [-0.1, -0.05) is 11.6 Å². The van der Waals surface area contributed by atoms with Crippen LogP contribution in [0.3, 0.4) is 0 Å². The van der Waals surface area contributed by atoms with Gasteiger partial charge in [-0.05, 0) is 44.6 Å². The summed E-state index contributed by atoms with van der Waals surface area (Å²) in [4.78, 5) is 15.7. The second kappa shape index (κ2) is 5.72. The highest BCUT2D eigenvalue weighted by molar-refractivity contribution is 6.31. The van der Waals surface area contributed by atoms with Gasteiger partial charge in [0.25, 0.3) is 0 Å². The maximum Gasteiger partial charge on any atom is 0.152 e. The first-order valence-corrected chi connectivity index (χ1v) is 6.65. The summed E-state index contributed by atoms with van der Waals surface area (Å²) in [5, 5.41) is 0.606. The normalized spacial score (nSPS) is 20.7. The molecule has 0 aromatic heterocycles. The molecule has 0 amide bonds. The zero-order valence-corrected chi connectivity index (χ0v) is 11.7. The Hall–Kier alpha value is -1.06. The predicted octanol–water partition coefficient (Wildman–Crippen LogP) is 2.68. The van der Waals surface area contributed by atoms with Crippen LogP contribution in [0.5, 0.6) is 0 Å². The Morgan fingerprint density at radius 3 is 2.94 bits per heavy atom. The average Bonchev–Trinajstić information content (AvgIpc) is 2.37. The zero-order valence-electron chi connectivity index (χ0n) is 10.9. The van der Waals surface area contributed by atoms with Gasteiger partial charge in [0.2, 0.25) is 0 Å². The van der Waals surface area contributed by atoms with Crippen molar-refractivity contribution in [2.45, 2.75) is 18.9 Å². The van der Waals surface area contributed by atoms with E-state index in [9.17, 15) is 4.79 Å². The van der Waals surface area contributed by atoms with E-state index in [2.05, 4.69) is 23.9 Å². The van der Waals surface area contributed by atoms with E-state index >= 15 is 0 Å². The number of hydrogen-bond acceptors (Lipinski definition) is 3. The summed E-state index contributed by atoms with van der Waals surface area (Å²) in [6.07, 6.45) is 3.25. The lowest BCUT2D eigenvalue weighted by Gasteiger charge is -2.37. The van der Waals surface area contributed by atoms with E-state index in [0.717, 1.165) is 25.1 Å². The fourth-order valence-corrected chi connectivity index (χ4v) is 2.77. The number of anilines is 1. The van der Waals surface area contributed by atoms with Crippen LogP contribution in [0.15, 0.2) is 18.2 Å². The van der Waals surface area contributed by atoms with Crippen molar-refractivity contribution in [3.8, 4) is 0 Å². The van der Waals surface area contributed by atoms with Gasteiger partial charge in [-0.2, -0.15) is 0 Å². The Bertz CT molecular complexity index is 436. The Balaban J connectivity index is 2.22. The molecule has 1 aliphatic rings. The molecular formula is C14H19ClN2O. The molecule has 2 rings (SSSR count). The lowest BCUT2D eigenvalue weighted by atomic mass is 10.0. The van der Waals surface area contributed by atoms with Crippen molar-refractivity contribution >= 4 is 23.6 Å². The van der Waals surface area contributed by atoms with Gasteiger partial charge in [-0.3, -0.25) is 4.79 Å². The fraction of sp³-hybridized carbons (Fsp3) is 0.500. The van der Waals surface area contributed by atoms with Crippen LogP contribution in [0.4, 0.5) is 5.69 Å². The number of carbonyl (C=O) groups is 1. The number of likely N-dealkylation sites (N-methyl/N-ethyl adjacent to an activating group) is 2. The molecule has 0 spiro atoms. The van der Waals surface area contributed by atoms with Crippen molar-refractivity contribution in [1.29, 1.82) is 0 Å². The summed E-state index contributed by atoms with van der Waals surface area (Å²) >= 11 is 5.92. The van der Waals surface area contributed by atoms with Gasteiger partial charge >= 0.3 is 0 Å². The number of hydrogen-bond donors (Lipinski definition) is 0. The van der Waals surface area contributed by atoms with Gasteiger partial charge < -0.3 is 9.80 Å². The van der Waals surface area contributed by atoms with Crippen molar-refractivity contribution in [2.24, 2.45) is 0 Å². The quantitative estimate of drug-likeness (QED) is 0.786. The van der Waals surface area contributed by atoms with Crippen molar-refractivity contribution in [3.63, 3.8) is 0 Å². The predicted molar refractivity (Wildman–Crippen MR) is 75.8 cm³/mol. The molecule has 0 saturated carbocycles. The summed E-state index contributed by atoms with van der Waals surface area (Å²) in [6, 6.07) is 5.96. The number of carbonyl (C=O) groups excluding carboxylic acids is 1. The first-order chi connectivity index (χ1) is 8.61. The monoisotopic (exact) mass is 266 g/mol. The minimum absolute atomic E-state index is 0.462. The molecule has 18 heavy (non-hydrogen) atoms. The van der Waals surface area contributed by atoms with Crippen LogP contribution >= 0.6 is 11.6 Å². The van der Waals surface area contributed by atoms with Gasteiger partial charge in [0.1, 0.15) is 0 Å². The molecule has 0 bridgehead atoms. The van der Waals surface area contributed by atoms with E-state index in [1.54, 1.807) is 6.07 Å². The highest BCUT2D eigenvalue weighted by Gasteiger charge is 2.22. The van der Waals surface area contributed by atoms with Crippen molar-refractivity contribution in [3.05, 3.63) is 28.8 Å². The molecule has 0 N–H and O–H groups in total. The summed E-state index contributed by atoms with van der Waals surface area (Å²) in [5.74, 6) is 0. The van der Waals surface area contributed by atoms with Crippen LogP contribution in [0.2, 0.25) is 5.02 Å². The van der Waals surface area contributed by atoms with E-state index < -0.39 is 0 Å². The number of rotatable bonds is 3. The fourth-order valence-electron chi connectivity index (χ4n) is 2.59. The standard InChI is InChI=1S/C14H19ClN2O/c1-16-7-3-4-13(9-16)17(2)14-6-5-12(15)8-11(14)10-18/h5-6,8,10,13H,3-4,7,9H2,1-2H3. The largest absolute Gasteiger partial charge is 0.370 e. The minimum atomic E-state index is 0.462. The topological polar surface area (TPSA) is 23.6 Å². The Morgan fingerprint density at radius 2 is 2.28 bits per heavy atom. The van der Waals surface area contributed by atoms with E-state index in [0.29, 0.717) is 16.6 Å². The number of likely N-dealkylation sites (tertiary alicyclic amines) is 1. The first kappa shape index (κ1) is 13.4. The molecule has 1 unspecified atom stereocenters. The van der Waals surface area contributed by atoms with Crippen LogP contribution in [-0.2, 0) is 0 Å². The Morgan fingerprint density at radius 1 is 1.50 bits per heavy atom. The summed E-state index contributed by atoms with van der Waals surface area (Å²) in [5.41, 5.74) is 1.63. The van der Waals surface area contributed by atoms with Gasteiger partial charge in [0.15, 0.2) is 6.29 Å². The summed E-state index contributed by atoms with van der Waals surface area (Å²) in [7, 11) is 4.20. The molecule has 1 heterocycles. The summed E-state index contributed by atoms with van der Waals surface area (Å²) in [6.45, 7) is 2.20. The number of benzene rings is 1. The molecule has 1 aromatic rings. The maximum atomic E-state index is 11.1. The molecule has 1 aliphatic heterocycles. The SMILES string of the molecule is CN1CCCC(N(C)c2ccc(Cl)cc2C=O)C1. The van der Waals surface area contributed by atoms with E-state index in [1.807, 2.05) is 12.1 Å². The minimum Gasteiger partial charge on any atom is -0.370 e. The Kier molecular flexibility index (Phi) is 4.25. The van der Waals surface area contributed by atoms with Crippen molar-refractivity contribution < 1.29 is 4.79 Å². The maximum absolute atomic E-state index is 11.1. The molecular weight excluding hydrogens is 248 g/mol. The van der Waals surface area contributed by atoms with Gasteiger partial charge in [0, 0.05) is 35.9 Å². The number of piperidine rings is 1. The molecule has 4 heteroatoms. The number of nitrogens with zero attached hydrogens (tertiary/aromatic N) is 2. The summed E-state index contributed by atoms with van der Waals surface area (Å²) < 4.78 is 0. The molecule has 1 saturated heterocycles. The highest BCUT2D eigenvalue weighted by atomic mass is 35.5. The van der Waals surface area contributed by atoms with Gasteiger partial charge in [-0.25, -0.2) is 0 Å². The molecule has 1 fully saturated rings. The second-order valence-corrected chi connectivity index (χ2v) is 5.43. The van der Waals surface area contributed by atoms with E-state index in [-0.39, 0.29) is 0 Å². The van der Waals surface area contributed by atoms with Gasteiger partial charge in [0.05, 0.1) is 0 Å². The smallest absolute Gasteiger partial charge is 0.152 e. The molecule has 3 nitrogen and oxygen atoms in total. The van der Waals surface area contributed by atoms with Crippen molar-refractivity contribution in [2.75, 3.05) is 32.1 Å². The average molecular weight is 267 g/mol. The molecule has 98 valence electrons. The lowest BCUT2D eigenvalue weighted by Crippen LogP contribution is -2.45. The van der Waals surface area contributed by atoms with Crippen LogP contribution in [0.25, 0.3) is 0 Å². The third-order valence-electron chi connectivity index (χ3n) is 3.64. The second-order valence-electron chi connectivity index (χ2n) is 4.99. The van der Waals surface area contributed by atoms with E-state index in [4.69, 9.17) is 11.6 Å². The first-order valence-electron chi connectivity index (χ1n) is 6.28. The van der Waals surface area contributed by atoms with Gasteiger partial charge in [-0.15, -0.1) is 0 Å². The molecule has 0 aliphatic carbocycles. The third-order valence-corrected chi connectivity index (χ3v) is 3.88. The van der Waals surface area contributed by atoms with Crippen LogP contribution in [-0.4, -0.2) is 44.4 Å².